The standard InChI is InChI=1S/C14H12OS.CH4/c1-11-2-6-13(7-3-11)16-14-8-4-12(10-15)5-9-14;/h2-10H,1H3;1H4. The van der Waals surface area contributed by atoms with Gasteiger partial charge in [-0.25, -0.2) is 0 Å². The normalized spacial score (nSPS) is 9.47. The lowest BCUT2D eigenvalue weighted by Crippen LogP contribution is -1.79. The first-order valence-corrected chi connectivity index (χ1v) is 5.89. The minimum absolute atomic E-state index is 0. The maximum Gasteiger partial charge on any atom is 0.150 e. The summed E-state index contributed by atoms with van der Waals surface area (Å²) in [4.78, 5) is 12.9. The fourth-order valence-corrected chi connectivity index (χ4v) is 2.17. The highest BCUT2D eigenvalue weighted by atomic mass is 32.2. The molecule has 2 rings (SSSR count). The summed E-state index contributed by atoms with van der Waals surface area (Å²) in [6.07, 6.45) is 0.861. The minimum Gasteiger partial charge on any atom is -0.298 e. The van der Waals surface area contributed by atoms with Crippen LogP contribution in [0.5, 0.6) is 0 Å². The van der Waals surface area contributed by atoms with Crippen molar-refractivity contribution in [3.63, 3.8) is 0 Å². The number of aldehydes is 1. The molecule has 0 N–H and O–H groups in total. The Labute approximate surface area is 107 Å². The second-order valence-corrected chi connectivity index (χ2v) is 4.75. The van der Waals surface area contributed by atoms with Crippen molar-refractivity contribution in [3.05, 3.63) is 59.7 Å². The Morgan fingerprint density at radius 1 is 0.882 bits per heavy atom. The highest BCUT2D eigenvalue weighted by Crippen LogP contribution is 2.27. The Morgan fingerprint density at radius 3 is 1.82 bits per heavy atom. The fourth-order valence-electron chi connectivity index (χ4n) is 1.36. The number of aryl methyl sites for hydroxylation is 1. The van der Waals surface area contributed by atoms with E-state index < -0.39 is 0 Å². The van der Waals surface area contributed by atoms with E-state index in [1.165, 1.54) is 10.5 Å². The van der Waals surface area contributed by atoms with Crippen LogP contribution in [0.3, 0.4) is 0 Å². The van der Waals surface area contributed by atoms with Crippen molar-refractivity contribution >= 4 is 18.0 Å². The molecule has 0 aliphatic carbocycles. The van der Waals surface area contributed by atoms with Gasteiger partial charge in [-0.05, 0) is 31.2 Å². The zero-order valence-electron chi connectivity index (χ0n) is 9.01. The van der Waals surface area contributed by atoms with E-state index in [-0.39, 0.29) is 7.43 Å². The molecule has 0 spiro atoms. The van der Waals surface area contributed by atoms with Crippen LogP contribution in [0.2, 0.25) is 0 Å². The molecule has 0 aliphatic heterocycles. The molecule has 0 atom stereocenters. The van der Waals surface area contributed by atoms with E-state index in [0.29, 0.717) is 5.56 Å². The third-order valence-corrected chi connectivity index (χ3v) is 3.29. The maximum atomic E-state index is 10.5. The number of carbonyl (C=O) groups is 1. The van der Waals surface area contributed by atoms with Crippen LogP contribution < -0.4 is 0 Å². The summed E-state index contributed by atoms with van der Waals surface area (Å²) in [6, 6.07) is 16.0. The Balaban J connectivity index is 0.00000144. The van der Waals surface area contributed by atoms with E-state index in [1.54, 1.807) is 11.8 Å². The molecule has 0 amide bonds. The van der Waals surface area contributed by atoms with Gasteiger partial charge in [-0.2, -0.15) is 0 Å². The molecule has 0 aromatic heterocycles. The molecule has 0 bridgehead atoms. The van der Waals surface area contributed by atoms with Gasteiger partial charge >= 0.3 is 0 Å². The summed E-state index contributed by atoms with van der Waals surface area (Å²) in [6.45, 7) is 2.08. The van der Waals surface area contributed by atoms with Crippen LogP contribution in [-0.2, 0) is 0 Å². The monoisotopic (exact) mass is 244 g/mol. The summed E-state index contributed by atoms with van der Waals surface area (Å²) >= 11 is 1.70. The van der Waals surface area contributed by atoms with E-state index in [0.717, 1.165) is 11.2 Å². The Kier molecular flexibility index (Phi) is 4.98. The predicted octanol–water partition coefficient (Wildman–Crippen LogP) is 4.59. The number of hydrogen-bond donors (Lipinski definition) is 0. The van der Waals surface area contributed by atoms with Gasteiger partial charge in [0.05, 0.1) is 0 Å². The molecule has 0 aliphatic rings. The van der Waals surface area contributed by atoms with Crippen molar-refractivity contribution in [2.24, 2.45) is 0 Å². The molecule has 17 heavy (non-hydrogen) atoms. The first kappa shape index (κ1) is 13.5. The van der Waals surface area contributed by atoms with Crippen LogP contribution in [0.4, 0.5) is 0 Å². The SMILES string of the molecule is C.Cc1ccc(Sc2ccc(C=O)cc2)cc1. The second kappa shape index (κ2) is 6.26. The molecule has 88 valence electrons. The quantitative estimate of drug-likeness (QED) is 0.734. The minimum atomic E-state index is 0. The van der Waals surface area contributed by atoms with Gasteiger partial charge in [0.2, 0.25) is 0 Å². The van der Waals surface area contributed by atoms with Gasteiger partial charge in [-0.15, -0.1) is 0 Å². The van der Waals surface area contributed by atoms with E-state index in [9.17, 15) is 4.79 Å². The molecule has 2 heteroatoms. The fraction of sp³-hybridized carbons (Fsp3) is 0.133. The lowest BCUT2D eigenvalue weighted by molar-refractivity contribution is 0.112. The van der Waals surface area contributed by atoms with Crippen molar-refractivity contribution in [2.45, 2.75) is 24.1 Å². The second-order valence-electron chi connectivity index (χ2n) is 3.60. The first-order chi connectivity index (χ1) is 7.78. The van der Waals surface area contributed by atoms with Gasteiger partial charge in [0.15, 0.2) is 0 Å². The lowest BCUT2D eigenvalue weighted by Gasteiger charge is -2.02. The van der Waals surface area contributed by atoms with Crippen LogP contribution in [0.15, 0.2) is 58.3 Å². The average molecular weight is 244 g/mol. The molecular weight excluding hydrogens is 228 g/mol. The predicted molar refractivity (Wildman–Crippen MR) is 73.9 cm³/mol. The van der Waals surface area contributed by atoms with Gasteiger partial charge < -0.3 is 0 Å². The molecule has 0 radical (unpaired) electrons. The smallest absolute Gasteiger partial charge is 0.150 e. The zero-order valence-corrected chi connectivity index (χ0v) is 9.83. The summed E-state index contributed by atoms with van der Waals surface area (Å²) in [5.41, 5.74) is 1.98. The van der Waals surface area contributed by atoms with Crippen molar-refractivity contribution in [1.82, 2.24) is 0 Å². The third kappa shape index (κ3) is 3.75. The van der Waals surface area contributed by atoms with Crippen LogP contribution in [0, 0.1) is 6.92 Å². The highest BCUT2D eigenvalue weighted by Gasteiger charge is 1.97. The maximum absolute atomic E-state index is 10.5. The molecule has 2 aromatic carbocycles. The van der Waals surface area contributed by atoms with Gasteiger partial charge in [0.1, 0.15) is 6.29 Å². The molecule has 0 fully saturated rings. The average Bonchev–Trinajstić information content (AvgIpc) is 2.33. The van der Waals surface area contributed by atoms with E-state index in [2.05, 4.69) is 31.2 Å². The van der Waals surface area contributed by atoms with Crippen molar-refractivity contribution in [2.75, 3.05) is 0 Å². The van der Waals surface area contributed by atoms with Crippen molar-refractivity contribution in [1.29, 1.82) is 0 Å². The van der Waals surface area contributed by atoms with E-state index in [1.807, 2.05) is 24.3 Å². The van der Waals surface area contributed by atoms with Gasteiger partial charge in [-0.1, -0.05) is 49.0 Å². The lowest BCUT2D eigenvalue weighted by atomic mass is 10.2. The van der Waals surface area contributed by atoms with E-state index >= 15 is 0 Å². The number of hydrogen-bond acceptors (Lipinski definition) is 2. The Morgan fingerprint density at radius 2 is 1.35 bits per heavy atom. The van der Waals surface area contributed by atoms with Gasteiger partial charge in [-0.3, -0.25) is 4.79 Å². The van der Waals surface area contributed by atoms with Crippen LogP contribution in [0.1, 0.15) is 23.3 Å². The largest absolute Gasteiger partial charge is 0.298 e. The summed E-state index contributed by atoms with van der Waals surface area (Å²) in [5, 5.41) is 0. The zero-order chi connectivity index (χ0) is 11.4. The molecule has 0 heterocycles. The van der Waals surface area contributed by atoms with Crippen LogP contribution >= 0.6 is 11.8 Å². The molecule has 0 unspecified atom stereocenters. The van der Waals surface area contributed by atoms with Gasteiger partial charge in [0, 0.05) is 15.4 Å². The Hall–Kier alpha value is -1.54. The Bertz CT molecular complexity index is 471. The first-order valence-electron chi connectivity index (χ1n) is 5.08. The van der Waals surface area contributed by atoms with Crippen LogP contribution in [0.25, 0.3) is 0 Å². The van der Waals surface area contributed by atoms with Crippen LogP contribution in [-0.4, -0.2) is 6.29 Å². The number of rotatable bonds is 3. The highest BCUT2D eigenvalue weighted by molar-refractivity contribution is 7.99. The summed E-state index contributed by atoms with van der Waals surface area (Å²) in [5.74, 6) is 0. The number of carbonyl (C=O) groups excluding carboxylic acids is 1. The molecule has 1 nitrogen and oxygen atoms in total. The molecule has 0 saturated heterocycles. The van der Waals surface area contributed by atoms with E-state index in [4.69, 9.17) is 0 Å². The topological polar surface area (TPSA) is 17.1 Å². The van der Waals surface area contributed by atoms with Crippen molar-refractivity contribution < 1.29 is 4.79 Å². The molecule has 2 aromatic rings. The summed E-state index contributed by atoms with van der Waals surface area (Å²) in [7, 11) is 0. The molecular formula is C15H16OS. The third-order valence-electron chi connectivity index (χ3n) is 2.27. The van der Waals surface area contributed by atoms with Gasteiger partial charge in [0.25, 0.3) is 0 Å². The molecule has 0 saturated carbocycles. The summed E-state index contributed by atoms with van der Waals surface area (Å²) < 4.78 is 0. The van der Waals surface area contributed by atoms with Crippen molar-refractivity contribution in [3.8, 4) is 0 Å². The number of benzene rings is 2.